The Morgan fingerprint density at radius 2 is 1.74 bits per heavy atom. The molecule has 0 unspecified atom stereocenters. The molecule has 0 fully saturated rings. The van der Waals surface area contributed by atoms with Gasteiger partial charge in [-0.3, -0.25) is 9.59 Å². The summed E-state index contributed by atoms with van der Waals surface area (Å²) in [5.74, 6) is 0.844. The van der Waals surface area contributed by atoms with Gasteiger partial charge in [-0.05, 0) is 61.4 Å². The minimum atomic E-state index is -0.844. The second-order valence-electron chi connectivity index (χ2n) is 5.84. The number of methoxy groups -OCH3 is 1. The van der Waals surface area contributed by atoms with Crippen molar-refractivity contribution < 1.29 is 28.9 Å². The van der Waals surface area contributed by atoms with E-state index in [9.17, 15) is 9.59 Å². The highest BCUT2D eigenvalue weighted by Gasteiger charge is 2.06. The van der Waals surface area contributed by atoms with Crippen molar-refractivity contribution in [2.24, 2.45) is 0 Å². The number of aliphatic carboxylic acids is 1. The molecule has 144 valence electrons. The van der Waals surface area contributed by atoms with Crippen molar-refractivity contribution in [3.8, 4) is 17.2 Å². The van der Waals surface area contributed by atoms with Crippen LogP contribution in [0.3, 0.4) is 0 Å². The van der Waals surface area contributed by atoms with E-state index in [4.69, 9.17) is 19.3 Å². The van der Waals surface area contributed by atoms with Gasteiger partial charge in [-0.25, -0.2) is 0 Å². The Balaban J connectivity index is 1.76. The van der Waals surface area contributed by atoms with Gasteiger partial charge in [0.2, 0.25) is 0 Å². The van der Waals surface area contributed by atoms with Gasteiger partial charge in [0, 0.05) is 12.1 Å². The van der Waals surface area contributed by atoms with E-state index in [0.29, 0.717) is 30.2 Å². The van der Waals surface area contributed by atoms with Crippen LogP contribution in [0.15, 0.2) is 42.5 Å². The number of nitrogens with one attached hydrogen (secondary N) is 1. The fourth-order valence-corrected chi connectivity index (χ4v) is 2.33. The predicted molar refractivity (Wildman–Crippen MR) is 101 cm³/mol. The second kappa shape index (κ2) is 10.1. The van der Waals surface area contributed by atoms with Crippen molar-refractivity contribution in [1.29, 1.82) is 0 Å². The monoisotopic (exact) mass is 373 g/mol. The average Bonchev–Trinajstić information content (AvgIpc) is 2.65. The van der Waals surface area contributed by atoms with Gasteiger partial charge in [0.15, 0.2) is 6.61 Å². The molecule has 7 heteroatoms. The number of anilines is 1. The van der Waals surface area contributed by atoms with Crippen LogP contribution >= 0.6 is 0 Å². The fourth-order valence-electron chi connectivity index (χ4n) is 2.33. The summed E-state index contributed by atoms with van der Waals surface area (Å²) in [7, 11) is 1.60. The Morgan fingerprint density at radius 1 is 1.04 bits per heavy atom. The summed E-state index contributed by atoms with van der Waals surface area (Å²) in [6.45, 7) is 2.11. The lowest BCUT2D eigenvalue weighted by molar-refractivity contribution is -0.137. The normalized spacial score (nSPS) is 10.1. The van der Waals surface area contributed by atoms with E-state index < -0.39 is 5.97 Å². The van der Waals surface area contributed by atoms with Crippen LogP contribution in [0.1, 0.15) is 18.4 Å². The first kappa shape index (κ1) is 20.1. The second-order valence-corrected chi connectivity index (χ2v) is 5.84. The fraction of sp³-hybridized carbons (Fsp3) is 0.300. The van der Waals surface area contributed by atoms with E-state index >= 15 is 0 Å². The maximum Gasteiger partial charge on any atom is 0.303 e. The number of amides is 1. The van der Waals surface area contributed by atoms with E-state index in [1.807, 2.05) is 13.0 Å². The summed E-state index contributed by atoms with van der Waals surface area (Å²) >= 11 is 0. The topological polar surface area (TPSA) is 94.1 Å². The number of hydrogen-bond donors (Lipinski definition) is 2. The van der Waals surface area contributed by atoms with Crippen LogP contribution in [-0.2, 0) is 9.59 Å². The molecule has 2 N–H and O–H groups in total. The number of ether oxygens (including phenoxy) is 3. The predicted octanol–water partition coefficient (Wildman–Crippen LogP) is 3.26. The van der Waals surface area contributed by atoms with Gasteiger partial charge in [-0.2, -0.15) is 0 Å². The number of carboxylic acids is 1. The lowest BCUT2D eigenvalue weighted by atomic mass is 10.2. The van der Waals surface area contributed by atoms with Gasteiger partial charge < -0.3 is 24.6 Å². The minimum Gasteiger partial charge on any atom is -0.496 e. The third kappa shape index (κ3) is 6.89. The van der Waals surface area contributed by atoms with Crippen LogP contribution in [0.4, 0.5) is 5.69 Å². The third-order valence-electron chi connectivity index (χ3n) is 3.68. The number of carbonyl (C=O) groups excluding carboxylic acids is 1. The van der Waals surface area contributed by atoms with Crippen LogP contribution in [0.2, 0.25) is 0 Å². The highest BCUT2D eigenvalue weighted by molar-refractivity contribution is 5.91. The number of carboxylic acid groups (broad SMARTS) is 1. The van der Waals surface area contributed by atoms with E-state index in [1.165, 1.54) is 0 Å². The average molecular weight is 373 g/mol. The lowest BCUT2D eigenvalue weighted by Crippen LogP contribution is -2.20. The molecule has 0 heterocycles. The van der Waals surface area contributed by atoms with Crippen molar-refractivity contribution in [1.82, 2.24) is 0 Å². The van der Waals surface area contributed by atoms with Crippen LogP contribution in [0.25, 0.3) is 0 Å². The van der Waals surface area contributed by atoms with Crippen LogP contribution in [-0.4, -0.2) is 37.3 Å². The van der Waals surface area contributed by atoms with Gasteiger partial charge in [-0.1, -0.05) is 0 Å². The highest BCUT2D eigenvalue weighted by atomic mass is 16.5. The van der Waals surface area contributed by atoms with Crippen LogP contribution in [0, 0.1) is 6.92 Å². The Bertz CT molecular complexity index is 773. The van der Waals surface area contributed by atoms with E-state index in [0.717, 1.165) is 11.3 Å². The summed E-state index contributed by atoms with van der Waals surface area (Å²) in [5, 5.41) is 11.3. The number of benzene rings is 2. The Morgan fingerprint density at radius 3 is 2.37 bits per heavy atom. The Hall–Kier alpha value is -3.22. The molecule has 0 atom stereocenters. The van der Waals surface area contributed by atoms with Gasteiger partial charge in [0.1, 0.15) is 17.2 Å². The first-order valence-corrected chi connectivity index (χ1v) is 8.50. The maximum absolute atomic E-state index is 12.0. The molecule has 0 saturated heterocycles. The molecule has 2 aromatic rings. The molecule has 2 rings (SSSR count). The van der Waals surface area contributed by atoms with Crippen molar-refractivity contribution in [2.75, 3.05) is 25.6 Å². The molecule has 0 aliphatic heterocycles. The van der Waals surface area contributed by atoms with Gasteiger partial charge in [0.05, 0.1) is 13.7 Å². The summed E-state index contributed by atoms with van der Waals surface area (Å²) in [4.78, 5) is 22.4. The molecule has 0 bridgehead atoms. The van der Waals surface area contributed by atoms with E-state index in [-0.39, 0.29) is 18.9 Å². The van der Waals surface area contributed by atoms with Crippen LogP contribution in [0.5, 0.6) is 17.2 Å². The highest BCUT2D eigenvalue weighted by Crippen LogP contribution is 2.23. The van der Waals surface area contributed by atoms with Crippen molar-refractivity contribution in [3.63, 3.8) is 0 Å². The SMILES string of the molecule is COc1ccc(OCC(=O)Nc2ccc(OCCCC(=O)O)cc2)cc1C. The van der Waals surface area contributed by atoms with E-state index in [1.54, 1.807) is 43.5 Å². The first-order chi connectivity index (χ1) is 13.0. The Kier molecular flexibility index (Phi) is 7.49. The molecular formula is C20H23NO6. The zero-order valence-corrected chi connectivity index (χ0v) is 15.4. The number of rotatable bonds is 10. The summed E-state index contributed by atoms with van der Waals surface area (Å²) in [6.07, 6.45) is 0.512. The molecule has 0 spiro atoms. The van der Waals surface area contributed by atoms with Gasteiger partial charge in [-0.15, -0.1) is 0 Å². The summed E-state index contributed by atoms with van der Waals surface area (Å²) in [5.41, 5.74) is 1.54. The zero-order valence-electron chi connectivity index (χ0n) is 15.4. The molecule has 0 aliphatic rings. The first-order valence-electron chi connectivity index (χ1n) is 8.50. The molecule has 0 aliphatic carbocycles. The number of hydrogen-bond acceptors (Lipinski definition) is 5. The molecule has 0 aromatic heterocycles. The minimum absolute atomic E-state index is 0.0713. The van der Waals surface area contributed by atoms with Crippen molar-refractivity contribution in [3.05, 3.63) is 48.0 Å². The molecule has 7 nitrogen and oxygen atoms in total. The molecular weight excluding hydrogens is 350 g/mol. The Labute approximate surface area is 157 Å². The lowest BCUT2D eigenvalue weighted by Gasteiger charge is -2.10. The van der Waals surface area contributed by atoms with Crippen molar-refractivity contribution >= 4 is 17.6 Å². The molecule has 0 radical (unpaired) electrons. The van der Waals surface area contributed by atoms with Gasteiger partial charge >= 0.3 is 5.97 Å². The molecule has 1 amide bonds. The zero-order chi connectivity index (χ0) is 19.6. The maximum atomic E-state index is 12.0. The molecule has 0 saturated carbocycles. The van der Waals surface area contributed by atoms with E-state index in [2.05, 4.69) is 5.32 Å². The standard InChI is InChI=1S/C20H23NO6/c1-14-12-17(9-10-18(14)25-2)27-13-19(22)21-15-5-7-16(8-6-15)26-11-3-4-20(23)24/h5-10,12H,3-4,11,13H2,1-2H3,(H,21,22)(H,23,24). The van der Waals surface area contributed by atoms with Crippen molar-refractivity contribution in [2.45, 2.75) is 19.8 Å². The third-order valence-corrected chi connectivity index (χ3v) is 3.68. The smallest absolute Gasteiger partial charge is 0.303 e. The molecule has 27 heavy (non-hydrogen) atoms. The summed E-state index contributed by atoms with van der Waals surface area (Å²) < 4.78 is 16.1. The molecule has 2 aromatic carbocycles. The van der Waals surface area contributed by atoms with Gasteiger partial charge in [0.25, 0.3) is 5.91 Å². The van der Waals surface area contributed by atoms with Crippen LogP contribution < -0.4 is 19.5 Å². The quantitative estimate of drug-likeness (QED) is 0.621. The number of carbonyl (C=O) groups is 2. The summed E-state index contributed by atoms with van der Waals surface area (Å²) in [6, 6.07) is 12.2. The number of aryl methyl sites for hydroxylation is 1. The largest absolute Gasteiger partial charge is 0.496 e.